The van der Waals surface area contributed by atoms with E-state index >= 15 is 0 Å². The number of halogens is 1. The molecule has 134 valence electrons. The summed E-state index contributed by atoms with van der Waals surface area (Å²) < 4.78 is 27.3. The maximum atomic E-state index is 12.4. The molecule has 0 aliphatic carbocycles. The predicted molar refractivity (Wildman–Crippen MR) is 90.0 cm³/mol. The molecular weight excluding hydrogens is 357 g/mol. The molecule has 2 atom stereocenters. The highest BCUT2D eigenvalue weighted by Gasteiger charge is 2.31. The molecule has 24 heavy (non-hydrogen) atoms. The number of hydrogen-bond donors (Lipinski definition) is 1. The molecule has 0 aliphatic rings. The molecule has 0 saturated heterocycles. The second-order valence-electron chi connectivity index (χ2n) is 4.66. The van der Waals surface area contributed by atoms with E-state index < -0.39 is 24.9 Å². The molecule has 1 rings (SSSR count). The first-order chi connectivity index (χ1) is 11.4. The van der Waals surface area contributed by atoms with Crippen molar-refractivity contribution in [3.05, 3.63) is 30.3 Å². The minimum absolute atomic E-state index is 0.0204. The van der Waals surface area contributed by atoms with Crippen LogP contribution in [0.3, 0.4) is 0 Å². The van der Waals surface area contributed by atoms with Crippen molar-refractivity contribution >= 4 is 30.1 Å². The van der Waals surface area contributed by atoms with E-state index in [0.717, 1.165) is 0 Å². The summed E-state index contributed by atoms with van der Waals surface area (Å²) in [6.07, 6.45) is -0.0287. The number of para-hydroxylation sites is 1. The molecule has 0 spiro atoms. The van der Waals surface area contributed by atoms with Gasteiger partial charge in [-0.15, -0.1) is 0 Å². The molecule has 0 radical (unpaired) electrons. The predicted octanol–water partition coefficient (Wildman–Crippen LogP) is 3.28. The van der Waals surface area contributed by atoms with E-state index in [9.17, 15) is 14.2 Å². The minimum Gasteiger partial charge on any atom is -0.466 e. The Kier molecular flexibility index (Phi) is 8.82. The summed E-state index contributed by atoms with van der Waals surface area (Å²) >= 11 is 5.88. The zero-order chi connectivity index (χ0) is 18.0. The molecule has 0 bridgehead atoms. The van der Waals surface area contributed by atoms with Gasteiger partial charge >= 0.3 is 18.8 Å². The van der Waals surface area contributed by atoms with E-state index in [0.29, 0.717) is 0 Å². The van der Waals surface area contributed by atoms with E-state index in [1.807, 2.05) is 0 Å². The molecule has 7 nitrogen and oxygen atoms in total. The standard InChI is InChI=1S/C15H21ClNO6P/c1-3-21-14(18)11-10-13(15(19)22-4-2)17-24(16,20)23-12-8-6-5-7-9-12/h5-9,13H,3-4,10-11H2,1-2H3,(H,17,20)/t13-,24?/m0/s1. The van der Waals surface area contributed by atoms with Crippen molar-refractivity contribution in [2.45, 2.75) is 32.7 Å². The monoisotopic (exact) mass is 377 g/mol. The van der Waals surface area contributed by atoms with Crippen molar-refractivity contribution in [2.24, 2.45) is 0 Å². The van der Waals surface area contributed by atoms with Gasteiger partial charge in [-0.25, -0.2) is 9.65 Å². The van der Waals surface area contributed by atoms with Crippen LogP contribution in [-0.4, -0.2) is 31.2 Å². The Morgan fingerprint density at radius 3 is 2.38 bits per heavy atom. The Bertz CT molecular complexity index is 583. The first-order valence-corrected chi connectivity index (χ1v) is 10.0. The summed E-state index contributed by atoms with van der Waals surface area (Å²) in [5, 5.41) is 2.44. The van der Waals surface area contributed by atoms with Crippen molar-refractivity contribution in [1.82, 2.24) is 5.09 Å². The second-order valence-corrected chi connectivity index (χ2v) is 7.40. The maximum absolute atomic E-state index is 12.4. The first kappa shape index (κ1) is 20.5. The number of nitrogens with one attached hydrogen (secondary N) is 1. The summed E-state index contributed by atoms with van der Waals surface area (Å²) in [5.74, 6) is -0.849. The molecule has 0 amide bonds. The fourth-order valence-corrected chi connectivity index (χ4v) is 3.45. The van der Waals surface area contributed by atoms with Crippen LogP contribution >= 0.6 is 18.1 Å². The van der Waals surface area contributed by atoms with E-state index in [1.165, 1.54) is 0 Å². The van der Waals surface area contributed by atoms with Crippen LogP contribution in [0.15, 0.2) is 30.3 Å². The van der Waals surface area contributed by atoms with E-state index in [4.69, 9.17) is 25.2 Å². The van der Waals surface area contributed by atoms with Gasteiger partial charge in [-0.05, 0) is 32.4 Å². The number of carbonyl (C=O) groups excluding carboxylic acids is 2. The molecule has 1 N–H and O–H groups in total. The molecule has 1 unspecified atom stereocenters. The Morgan fingerprint density at radius 1 is 1.17 bits per heavy atom. The lowest BCUT2D eigenvalue weighted by Gasteiger charge is -2.20. The Morgan fingerprint density at radius 2 is 1.79 bits per heavy atom. The summed E-state index contributed by atoms with van der Waals surface area (Å²) in [6, 6.07) is 7.25. The fraction of sp³-hybridized carbons (Fsp3) is 0.467. The van der Waals surface area contributed by atoms with Crippen molar-refractivity contribution in [1.29, 1.82) is 0 Å². The average molecular weight is 378 g/mol. The summed E-state index contributed by atoms with van der Waals surface area (Å²) in [4.78, 5) is 23.4. The summed E-state index contributed by atoms with van der Waals surface area (Å²) in [6.45, 7) is -0.155. The highest BCUT2D eigenvalue weighted by molar-refractivity contribution is 7.84. The van der Waals surface area contributed by atoms with Gasteiger partial charge < -0.3 is 14.0 Å². The molecule has 1 aromatic rings. The zero-order valence-corrected chi connectivity index (χ0v) is 15.2. The van der Waals surface area contributed by atoms with Gasteiger partial charge in [0.15, 0.2) is 0 Å². The number of rotatable bonds is 10. The minimum atomic E-state index is -3.85. The normalized spacial score (nSPS) is 14.3. The fourth-order valence-electron chi connectivity index (χ4n) is 1.80. The van der Waals surface area contributed by atoms with Crippen LogP contribution in [0.2, 0.25) is 0 Å². The van der Waals surface area contributed by atoms with Gasteiger partial charge in [0.1, 0.15) is 11.8 Å². The maximum Gasteiger partial charge on any atom is 0.409 e. The zero-order valence-electron chi connectivity index (χ0n) is 13.6. The third-order valence-electron chi connectivity index (χ3n) is 2.79. The number of carbonyl (C=O) groups is 2. The third kappa shape index (κ3) is 7.81. The lowest BCUT2D eigenvalue weighted by atomic mass is 10.2. The smallest absolute Gasteiger partial charge is 0.409 e. The molecule has 1 aromatic carbocycles. The van der Waals surface area contributed by atoms with Crippen LogP contribution in [0, 0.1) is 0 Å². The lowest BCUT2D eigenvalue weighted by molar-refractivity contribution is -0.146. The van der Waals surface area contributed by atoms with Crippen LogP contribution in [0.4, 0.5) is 0 Å². The molecule has 0 aromatic heterocycles. The van der Waals surface area contributed by atoms with E-state index in [2.05, 4.69) is 5.09 Å². The van der Waals surface area contributed by atoms with Crippen LogP contribution in [0.1, 0.15) is 26.7 Å². The number of esters is 2. The third-order valence-corrected chi connectivity index (χ3v) is 4.36. The van der Waals surface area contributed by atoms with Crippen molar-refractivity contribution < 1.29 is 28.2 Å². The molecule has 9 heteroatoms. The highest BCUT2D eigenvalue weighted by Crippen LogP contribution is 2.48. The van der Waals surface area contributed by atoms with Gasteiger partial charge in [0.05, 0.1) is 13.2 Å². The van der Waals surface area contributed by atoms with Gasteiger partial charge in [-0.1, -0.05) is 18.2 Å². The quantitative estimate of drug-likeness (QED) is 0.494. The topological polar surface area (TPSA) is 90.9 Å². The van der Waals surface area contributed by atoms with E-state index in [-0.39, 0.29) is 31.8 Å². The van der Waals surface area contributed by atoms with Gasteiger partial charge in [0.25, 0.3) is 0 Å². The summed E-state index contributed by atoms with van der Waals surface area (Å²) in [5.41, 5.74) is 0. The summed E-state index contributed by atoms with van der Waals surface area (Å²) in [7, 11) is 0. The largest absolute Gasteiger partial charge is 0.466 e. The molecule has 0 fully saturated rings. The molecule has 0 aliphatic heterocycles. The Hall–Kier alpha value is -1.56. The molecule has 0 saturated carbocycles. The van der Waals surface area contributed by atoms with Crippen molar-refractivity contribution in [3.63, 3.8) is 0 Å². The lowest BCUT2D eigenvalue weighted by Crippen LogP contribution is -2.36. The van der Waals surface area contributed by atoms with Gasteiger partial charge in [0.2, 0.25) is 0 Å². The van der Waals surface area contributed by atoms with Crippen LogP contribution in [0.5, 0.6) is 5.75 Å². The van der Waals surface area contributed by atoms with Crippen LogP contribution < -0.4 is 9.61 Å². The van der Waals surface area contributed by atoms with Gasteiger partial charge in [-0.3, -0.25) is 9.59 Å². The molecule has 0 heterocycles. The second kappa shape index (κ2) is 10.3. The average Bonchev–Trinajstić information content (AvgIpc) is 2.52. The number of ether oxygens (including phenoxy) is 2. The van der Waals surface area contributed by atoms with E-state index in [1.54, 1.807) is 44.2 Å². The number of hydrogen-bond acceptors (Lipinski definition) is 6. The van der Waals surface area contributed by atoms with Crippen molar-refractivity contribution in [2.75, 3.05) is 13.2 Å². The first-order valence-electron chi connectivity index (χ1n) is 7.52. The highest BCUT2D eigenvalue weighted by atomic mass is 35.7. The Balaban J connectivity index is 2.73. The Labute approximate surface area is 145 Å². The van der Waals surface area contributed by atoms with Crippen molar-refractivity contribution in [3.8, 4) is 5.75 Å². The van der Waals surface area contributed by atoms with Crippen LogP contribution in [-0.2, 0) is 23.6 Å². The van der Waals surface area contributed by atoms with Gasteiger partial charge in [-0.2, -0.15) is 0 Å². The van der Waals surface area contributed by atoms with Gasteiger partial charge in [0, 0.05) is 17.7 Å². The van der Waals surface area contributed by atoms with Crippen LogP contribution in [0.25, 0.3) is 0 Å². The molecular formula is C15H21ClNO6P. The number of benzene rings is 1. The SMILES string of the molecule is CCOC(=O)CC[C@H](NP(=O)(Cl)Oc1ccccc1)C(=O)OCC.